The maximum Gasteiger partial charge on any atom is 0.342 e. The summed E-state index contributed by atoms with van der Waals surface area (Å²) in [6, 6.07) is 4.40. The molecule has 2 aromatic rings. The highest BCUT2D eigenvalue weighted by atomic mass is 32.2. The van der Waals surface area contributed by atoms with Crippen LogP contribution in [0.1, 0.15) is 40.2 Å². The number of nitrogens with zero attached hydrogens (tertiary/aromatic N) is 1. The van der Waals surface area contributed by atoms with Crippen LogP contribution in [0.3, 0.4) is 0 Å². The van der Waals surface area contributed by atoms with Crippen LogP contribution in [0.15, 0.2) is 23.1 Å². The lowest BCUT2D eigenvalue weighted by Gasteiger charge is -2.17. The monoisotopic (exact) mass is 481 g/mol. The number of sulfonamides is 1. The Hall–Kier alpha value is -2.76. The van der Waals surface area contributed by atoms with Crippen molar-refractivity contribution in [2.45, 2.75) is 45.6 Å². The zero-order valence-corrected chi connectivity index (χ0v) is 20.7. The molecule has 174 valence electrons. The van der Waals surface area contributed by atoms with E-state index in [9.17, 15) is 22.8 Å². The van der Waals surface area contributed by atoms with Crippen LogP contribution in [0.2, 0.25) is 0 Å². The zero-order chi connectivity index (χ0) is 24.4. The molecule has 0 fully saturated rings. The van der Waals surface area contributed by atoms with Crippen LogP contribution in [0, 0.1) is 20.8 Å². The van der Waals surface area contributed by atoms with Crippen LogP contribution in [0.4, 0.5) is 10.7 Å². The predicted octanol–water partition coefficient (Wildman–Crippen LogP) is 3.07. The average Bonchev–Trinajstić information content (AvgIpc) is 2.95. The van der Waals surface area contributed by atoms with Gasteiger partial charge in [-0.05, 0) is 51.0 Å². The summed E-state index contributed by atoms with van der Waals surface area (Å²) in [5, 5.41) is 5.59. The van der Waals surface area contributed by atoms with E-state index >= 15 is 0 Å². The minimum absolute atomic E-state index is 0.0253. The molecule has 0 saturated heterocycles. The van der Waals surface area contributed by atoms with Gasteiger partial charge in [0.15, 0.2) is 6.10 Å². The van der Waals surface area contributed by atoms with Gasteiger partial charge in [-0.3, -0.25) is 9.59 Å². The van der Waals surface area contributed by atoms with Gasteiger partial charge in [0.05, 0.1) is 10.5 Å². The molecule has 2 amide bonds. The summed E-state index contributed by atoms with van der Waals surface area (Å²) in [4.78, 5) is 37.7. The van der Waals surface area contributed by atoms with Gasteiger partial charge in [0, 0.05) is 31.6 Å². The van der Waals surface area contributed by atoms with Crippen LogP contribution in [0.25, 0.3) is 0 Å². The highest BCUT2D eigenvalue weighted by Gasteiger charge is 2.26. The standard InChI is InChI=1S/C21H27N3O6S2/c1-11-8-9-16(32(28,29)24(6)7)10-17(11)23-19(26)13(3)30-21(27)18-12(2)14(4)31-20(18)22-15(5)25/h8-10,13H,1-7H3,(H,22,25)(H,23,26)/t13-/m1/s1. The molecule has 32 heavy (non-hydrogen) atoms. The number of hydrogen-bond acceptors (Lipinski definition) is 7. The van der Waals surface area contributed by atoms with E-state index < -0.39 is 28.0 Å². The Bertz CT molecular complexity index is 1170. The second kappa shape index (κ2) is 9.80. The topological polar surface area (TPSA) is 122 Å². The lowest BCUT2D eigenvalue weighted by molar-refractivity contribution is -0.123. The molecule has 0 radical (unpaired) electrons. The molecule has 0 saturated carbocycles. The van der Waals surface area contributed by atoms with E-state index in [0.29, 0.717) is 21.8 Å². The number of esters is 1. The van der Waals surface area contributed by atoms with Gasteiger partial charge >= 0.3 is 5.97 Å². The summed E-state index contributed by atoms with van der Waals surface area (Å²) in [5.41, 5.74) is 1.81. The summed E-state index contributed by atoms with van der Waals surface area (Å²) >= 11 is 1.25. The number of hydrogen-bond donors (Lipinski definition) is 2. The van der Waals surface area contributed by atoms with Crippen molar-refractivity contribution in [3.63, 3.8) is 0 Å². The normalized spacial score (nSPS) is 12.4. The molecule has 0 unspecified atom stereocenters. The number of rotatable bonds is 7. The number of thiophene rings is 1. The van der Waals surface area contributed by atoms with Crippen LogP contribution in [-0.2, 0) is 24.3 Å². The van der Waals surface area contributed by atoms with Crippen molar-refractivity contribution in [1.82, 2.24) is 4.31 Å². The lowest BCUT2D eigenvalue weighted by atomic mass is 10.1. The first-order valence-corrected chi connectivity index (χ1v) is 11.9. The van der Waals surface area contributed by atoms with Crippen molar-refractivity contribution >= 4 is 49.8 Å². The highest BCUT2D eigenvalue weighted by Crippen LogP contribution is 2.33. The SMILES string of the molecule is CC(=O)Nc1sc(C)c(C)c1C(=O)O[C@H](C)C(=O)Nc1cc(S(=O)(=O)N(C)C)ccc1C. The fourth-order valence-electron chi connectivity index (χ4n) is 2.74. The molecule has 1 atom stereocenters. The maximum atomic E-state index is 12.7. The number of carbonyl (C=O) groups is 3. The smallest absolute Gasteiger partial charge is 0.342 e. The van der Waals surface area contributed by atoms with Gasteiger partial charge in [-0.25, -0.2) is 17.5 Å². The van der Waals surface area contributed by atoms with Crippen molar-refractivity contribution in [3.8, 4) is 0 Å². The number of aryl methyl sites for hydroxylation is 2. The lowest BCUT2D eigenvalue weighted by Crippen LogP contribution is -2.30. The number of ether oxygens (including phenoxy) is 1. The molecule has 0 aliphatic rings. The van der Waals surface area contributed by atoms with E-state index in [1.165, 1.54) is 51.4 Å². The summed E-state index contributed by atoms with van der Waals surface area (Å²) < 4.78 is 31.2. The Morgan fingerprint density at radius 2 is 1.72 bits per heavy atom. The number of nitrogens with one attached hydrogen (secondary N) is 2. The molecule has 1 aromatic heterocycles. The molecular weight excluding hydrogens is 454 g/mol. The van der Waals surface area contributed by atoms with Crippen LogP contribution in [0.5, 0.6) is 0 Å². The summed E-state index contributed by atoms with van der Waals surface area (Å²) in [6.45, 7) is 8.02. The fraction of sp³-hybridized carbons (Fsp3) is 0.381. The highest BCUT2D eigenvalue weighted by molar-refractivity contribution is 7.89. The molecule has 2 rings (SSSR count). The van der Waals surface area contributed by atoms with Gasteiger partial charge in [0.25, 0.3) is 5.91 Å². The molecule has 2 N–H and O–H groups in total. The van der Waals surface area contributed by atoms with Crippen LogP contribution < -0.4 is 10.6 Å². The van der Waals surface area contributed by atoms with Crippen molar-refractivity contribution in [2.24, 2.45) is 0 Å². The Morgan fingerprint density at radius 3 is 2.28 bits per heavy atom. The van der Waals surface area contributed by atoms with Gasteiger partial charge in [-0.15, -0.1) is 11.3 Å². The Morgan fingerprint density at radius 1 is 1.09 bits per heavy atom. The average molecular weight is 482 g/mol. The van der Waals surface area contributed by atoms with Gasteiger partial charge < -0.3 is 15.4 Å². The fourth-order valence-corrected chi connectivity index (χ4v) is 4.76. The molecular formula is C21H27N3O6S2. The van der Waals surface area contributed by atoms with Crippen molar-refractivity contribution in [1.29, 1.82) is 0 Å². The Kier molecular flexibility index (Phi) is 7.81. The first-order chi connectivity index (χ1) is 14.7. The third-order valence-electron chi connectivity index (χ3n) is 4.78. The van der Waals surface area contributed by atoms with Gasteiger partial charge in [-0.2, -0.15) is 0 Å². The largest absolute Gasteiger partial charge is 0.449 e. The molecule has 1 aromatic carbocycles. The third kappa shape index (κ3) is 5.53. The zero-order valence-electron chi connectivity index (χ0n) is 19.0. The molecule has 0 aliphatic carbocycles. The van der Waals surface area contributed by atoms with Crippen molar-refractivity contribution in [3.05, 3.63) is 39.8 Å². The van der Waals surface area contributed by atoms with Crippen molar-refractivity contribution < 1.29 is 27.5 Å². The quantitative estimate of drug-likeness (QED) is 0.586. The summed E-state index contributed by atoms with van der Waals surface area (Å²) in [6.07, 6.45) is -1.17. The summed E-state index contributed by atoms with van der Waals surface area (Å²) in [5.74, 6) is -1.68. The Balaban J connectivity index is 2.21. The second-order valence-electron chi connectivity index (χ2n) is 7.47. The van der Waals surface area contributed by atoms with Crippen LogP contribution in [-0.4, -0.2) is 50.7 Å². The molecule has 1 heterocycles. The van der Waals surface area contributed by atoms with E-state index in [1.807, 2.05) is 6.92 Å². The predicted molar refractivity (Wildman–Crippen MR) is 124 cm³/mol. The summed E-state index contributed by atoms with van der Waals surface area (Å²) in [7, 11) is -0.851. The number of carbonyl (C=O) groups excluding carboxylic acids is 3. The van der Waals surface area contributed by atoms with Gasteiger partial charge in [-0.1, -0.05) is 6.07 Å². The Labute approximate surface area is 191 Å². The molecule has 0 spiro atoms. The van der Waals surface area contributed by atoms with E-state index in [1.54, 1.807) is 19.9 Å². The molecule has 0 bridgehead atoms. The maximum absolute atomic E-state index is 12.7. The van der Waals surface area contributed by atoms with E-state index in [0.717, 1.165) is 9.18 Å². The van der Waals surface area contributed by atoms with Gasteiger partial charge in [0.1, 0.15) is 5.00 Å². The number of anilines is 2. The molecule has 11 heteroatoms. The first kappa shape index (κ1) is 25.5. The molecule has 9 nitrogen and oxygen atoms in total. The number of benzene rings is 1. The van der Waals surface area contributed by atoms with Gasteiger partial charge in [0.2, 0.25) is 15.9 Å². The van der Waals surface area contributed by atoms with E-state index in [-0.39, 0.29) is 16.4 Å². The minimum Gasteiger partial charge on any atom is -0.449 e. The molecule has 0 aliphatic heterocycles. The van der Waals surface area contributed by atoms with Crippen molar-refractivity contribution in [2.75, 3.05) is 24.7 Å². The second-order valence-corrected chi connectivity index (χ2v) is 10.8. The van der Waals surface area contributed by atoms with Crippen LogP contribution >= 0.6 is 11.3 Å². The number of amides is 2. The van der Waals surface area contributed by atoms with E-state index in [4.69, 9.17) is 4.74 Å². The minimum atomic E-state index is -3.68. The third-order valence-corrected chi connectivity index (χ3v) is 7.71. The first-order valence-electron chi connectivity index (χ1n) is 9.68. The van der Waals surface area contributed by atoms with E-state index in [2.05, 4.69) is 10.6 Å².